The summed E-state index contributed by atoms with van der Waals surface area (Å²) in [5.74, 6) is 0.527. The van der Waals surface area contributed by atoms with Gasteiger partial charge < -0.3 is 5.32 Å². The maximum Gasteiger partial charge on any atom is 0.168 e. The number of Topliss-reactive ketones (excluding diaryl/α,β-unsaturated/α-hetero) is 1. The Kier molecular flexibility index (Phi) is 1.92. The average Bonchev–Trinajstić information content (AvgIpc) is 2.55. The molecule has 0 aliphatic rings. The molecule has 0 unspecified atom stereocenters. The maximum atomic E-state index is 11.4. The van der Waals surface area contributed by atoms with E-state index in [0.29, 0.717) is 17.0 Å². The van der Waals surface area contributed by atoms with Crippen molar-refractivity contribution >= 4 is 17.2 Å². The second-order valence-corrected chi connectivity index (χ2v) is 2.92. The van der Waals surface area contributed by atoms with Crippen LogP contribution in [0, 0.1) is 0 Å². The molecule has 0 aromatic carbocycles. The van der Waals surface area contributed by atoms with Crippen LogP contribution >= 0.6 is 0 Å². The van der Waals surface area contributed by atoms with E-state index < -0.39 is 0 Å². The van der Waals surface area contributed by atoms with Crippen molar-refractivity contribution in [2.75, 3.05) is 12.4 Å². The first-order valence-electron chi connectivity index (χ1n) is 4.26. The molecule has 2 rings (SSSR count). The van der Waals surface area contributed by atoms with E-state index in [4.69, 9.17) is 0 Å². The van der Waals surface area contributed by atoms with Crippen LogP contribution in [0.15, 0.2) is 18.5 Å². The number of fused-ring (bicyclic) bond motifs is 1. The Morgan fingerprint density at radius 3 is 3.00 bits per heavy atom. The van der Waals surface area contributed by atoms with Crippen LogP contribution in [0.4, 0.5) is 5.82 Å². The molecule has 14 heavy (non-hydrogen) atoms. The van der Waals surface area contributed by atoms with Gasteiger partial charge in [-0.15, -0.1) is 5.10 Å². The van der Waals surface area contributed by atoms with Gasteiger partial charge in [-0.1, -0.05) is 0 Å². The second-order valence-electron chi connectivity index (χ2n) is 2.92. The molecule has 0 atom stereocenters. The van der Waals surface area contributed by atoms with E-state index in [-0.39, 0.29) is 5.78 Å². The molecule has 2 aromatic rings. The smallest absolute Gasteiger partial charge is 0.168 e. The number of hydrogen-bond donors (Lipinski definition) is 1. The van der Waals surface area contributed by atoms with Gasteiger partial charge in [-0.25, -0.2) is 9.50 Å². The number of rotatable bonds is 2. The van der Waals surface area contributed by atoms with E-state index in [9.17, 15) is 4.79 Å². The van der Waals surface area contributed by atoms with Crippen LogP contribution in [0.25, 0.3) is 5.65 Å². The Bertz CT molecular complexity index is 489. The SMILES string of the molecule is CNc1nn2cccnc2c1C(C)=O. The number of carbonyl (C=O) groups is 1. The summed E-state index contributed by atoms with van der Waals surface area (Å²) < 4.78 is 1.59. The van der Waals surface area contributed by atoms with Crippen LogP contribution in [0.2, 0.25) is 0 Å². The van der Waals surface area contributed by atoms with E-state index in [1.165, 1.54) is 6.92 Å². The molecular formula is C9H10N4O. The molecule has 5 nitrogen and oxygen atoms in total. The molecule has 0 radical (unpaired) electrons. The highest BCUT2D eigenvalue weighted by molar-refractivity contribution is 6.04. The van der Waals surface area contributed by atoms with E-state index in [1.54, 1.807) is 30.0 Å². The molecule has 72 valence electrons. The Hall–Kier alpha value is -1.91. The standard InChI is InChI=1S/C9H10N4O/c1-6(14)7-8(10-2)12-13-5-3-4-11-9(7)13/h3-5H,1-2H3,(H,10,12). The van der Waals surface area contributed by atoms with Crippen LogP contribution < -0.4 is 5.32 Å². The number of anilines is 1. The van der Waals surface area contributed by atoms with Gasteiger partial charge in [0.2, 0.25) is 0 Å². The zero-order chi connectivity index (χ0) is 10.1. The molecule has 2 heterocycles. The van der Waals surface area contributed by atoms with E-state index in [2.05, 4.69) is 15.4 Å². The molecule has 0 aliphatic heterocycles. The summed E-state index contributed by atoms with van der Waals surface area (Å²) >= 11 is 0. The van der Waals surface area contributed by atoms with Crippen molar-refractivity contribution in [2.24, 2.45) is 0 Å². The van der Waals surface area contributed by atoms with Gasteiger partial charge in [0.15, 0.2) is 17.2 Å². The molecule has 5 heteroatoms. The van der Waals surface area contributed by atoms with Crippen molar-refractivity contribution < 1.29 is 4.79 Å². The normalized spacial score (nSPS) is 10.4. The first-order chi connectivity index (χ1) is 6.74. The van der Waals surface area contributed by atoms with Gasteiger partial charge in [-0.3, -0.25) is 4.79 Å². The number of aromatic nitrogens is 3. The summed E-state index contributed by atoms with van der Waals surface area (Å²) in [6, 6.07) is 1.77. The Labute approximate surface area is 80.8 Å². The summed E-state index contributed by atoms with van der Waals surface area (Å²) in [7, 11) is 1.73. The lowest BCUT2D eigenvalue weighted by Gasteiger charge is -1.94. The maximum absolute atomic E-state index is 11.4. The Balaban J connectivity index is 2.81. The van der Waals surface area contributed by atoms with Gasteiger partial charge in [0.1, 0.15) is 5.56 Å². The molecule has 2 aromatic heterocycles. The minimum absolute atomic E-state index is 0.0388. The first-order valence-corrected chi connectivity index (χ1v) is 4.26. The van der Waals surface area contributed by atoms with Gasteiger partial charge in [0.25, 0.3) is 0 Å². The molecule has 0 fully saturated rings. The van der Waals surface area contributed by atoms with Crippen molar-refractivity contribution in [1.82, 2.24) is 14.6 Å². The van der Waals surface area contributed by atoms with Crippen molar-refractivity contribution in [1.29, 1.82) is 0 Å². The van der Waals surface area contributed by atoms with Crippen LogP contribution in [-0.2, 0) is 0 Å². The monoisotopic (exact) mass is 190 g/mol. The van der Waals surface area contributed by atoms with E-state index in [1.807, 2.05) is 0 Å². The Morgan fingerprint density at radius 2 is 2.36 bits per heavy atom. The van der Waals surface area contributed by atoms with Crippen LogP contribution in [0.1, 0.15) is 17.3 Å². The molecular weight excluding hydrogens is 180 g/mol. The Morgan fingerprint density at radius 1 is 1.57 bits per heavy atom. The first kappa shape index (κ1) is 8.68. The number of hydrogen-bond acceptors (Lipinski definition) is 4. The molecule has 1 N–H and O–H groups in total. The fraction of sp³-hybridized carbons (Fsp3) is 0.222. The zero-order valence-corrected chi connectivity index (χ0v) is 7.98. The molecule has 0 aliphatic carbocycles. The highest BCUT2D eigenvalue weighted by atomic mass is 16.1. The summed E-state index contributed by atoms with van der Waals surface area (Å²) in [6.07, 6.45) is 3.40. The third-order valence-corrected chi connectivity index (χ3v) is 1.98. The van der Waals surface area contributed by atoms with E-state index in [0.717, 1.165) is 0 Å². The van der Waals surface area contributed by atoms with Crippen LogP contribution in [0.3, 0.4) is 0 Å². The lowest BCUT2D eigenvalue weighted by Crippen LogP contribution is -1.98. The largest absolute Gasteiger partial charge is 0.371 e. The quantitative estimate of drug-likeness (QED) is 0.717. The molecule has 0 saturated carbocycles. The average molecular weight is 190 g/mol. The third-order valence-electron chi connectivity index (χ3n) is 1.98. The zero-order valence-electron chi connectivity index (χ0n) is 7.98. The number of nitrogens with one attached hydrogen (secondary N) is 1. The minimum atomic E-state index is -0.0388. The predicted octanol–water partition coefficient (Wildman–Crippen LogP) is 0.974. The van der Waals surface area contributed by atoms with Gasteiger partial charge in [-0.2, -0.15) is 0 Å². The van der Waals surface area contributed by atoms with Crippen molar-refractivity contribution in [3.63, 3.8) is 0 Å². The van der Waals surface area contributed by atoms with Gasteiger partial charge >= 0.3 is 0 Å². The highest BCUT2D eigenvalue weighted by Crippen LogP contribution is 2.18. The van der Waals surface area contributed by atoms with Crippen molar-refractivity contribution in [2.45, 2.75) is 6.92 Å². The number of carbonyl (C=O) groups excluding carboxylic acids is 1. The van der Waals surface area contributed by atoms with Gasteiger partial charge in [0.05, 0.1) is 0 Å². The molecule has 0 saturated heterocycles. The van der Waals surface area contributed by atoms with Crippen LogP contribution in [0.5, 0.6) is 0 Å². The predicted molar refractivity (Wildman–Crippen MR) is 52.5 cm³/mol. The minimum Gasteiger partial charge on any atom is -0.371 e. The summed E-state index contributed by atoms with van der Waals surface area (Å²) in [5.41, 5.74) is 1.12. The highest BCUT2D eigenvalue weighted by Gasteiger charge is 2.15. The summed E-state index contributed by atoms with van der Waals surface area (Å²) in [4.78, 5) is 15.5. The van der Waals surface area contributed by atoms with E-state index >= 15 is 0 Å². The number of ketones is 1. The molecule has 0 amide bonds. The van der Waals surface area contributed by atoms with Crippen molar-refractivity contribution in [3.8, 4) is 0 Å². The van der Waals surface area contributed by atoms with Crippen LogP contribution in [-0.4, -0.2) is 27.4 Å². The lowest BCUT2D eigenvalue weighted by atomic mass is 10.2. The second kappa shape index (κ2) is 3.10. The summed E-state index contributed by atoms with van der Waals surface area (Å²) in [6.45, 7) is 1.51. The third kappa shape index (κ3) is 1.14. The lowest BCUT2D eigenvalue weighted by molar-refractivity contribution is 0.102. The topological polar surface area (TPSA) is 59.3 Å². The summed E-state index contributed by atoms with van der Waals surface area (Å²) in [5, 5.41) is 7.05. The van der Waals surface area contributed by atoms with Crippen molar-refractivity contribution in [3.05, 3.63) is 24.0 Å². The van der Waals surface area contributed by atoms with Gasteiger partial charge in [-0.05, 0) is 13.0 Å². The van der Waals surface area contributed by atoms with Gasteiger partial charge in [0, 0.05) is 19.4 Å². The molecule has 0 bridgehead atoms. The fourth-order valence-corrected chi connectivity index (χ4v) is 1.39. The molecule has 0 spiro atoms. The number of nitrogens with zero attached hydrogens (tertiary/aromatic N) is 3. The fourth-order valence-electron chi connectivity index (χ4n) is 1.39.